The summed E-state index contributed by atoms with van der Waals surface area (Å²) in [6.45, 7) is 3.32. The molecule has 0 aromatic heterocycles. The minimum Gasteiger partial charge on any atom is -0.454 e. The number of ether oxygens (including phenoxy) is 2. The Labute approximate surface area is 100 Å². The lowest BCUT2D eigenvalue weighted by atomic mass is 10.2. The molecular formula is C12H16N2O3. The molecule has 0 atom stereocenters. The highest BCUT2D eigenvalue weighted by Gasteiger charge is 2.16. The highest BCUT2D eigenvalue weighted by molar-refractivity contribution is 5.94. The van der Waals surface area contributed by atoms with Gasteiger partial charge < -0.3 is 19.7 Å². The van der Waals surface area contributed by atoms with E-state index in [-0.39, 0.29) is 12.7 Å². The average molecular weight is 236 g/mol. The van der Waals surface area contributed by atoms with Crippen molar-refractivity contribution < 1.29 is 14.3 Å². The van der Waals surface area contributed by atoms with Gasteiger partial charge in [-0.3, -0.25) is 4.79 Å². The number of nitrogens with one attached hydrogen (secondary N) is 1. The van der Waals surface area contributed by atoms with Gasteiger partial charge in [0.15, 0.2) is 11.5 Å². The molecule has 1 aliphatic heterocycles. The van der Waals surface area contributed by atoms with Crippen LogP contribution in [-0.2, 0) is 4.79 Å². The minimum atomic E-state index is 0.0192. The molecule has 1 N–H and O–H groups in total. The van der Waals surface area contributed by atoms with Gasteiger partial charge >= 0.3 is 0 Å². The van der Waals surface area contributed by atoms with E-state index in [4.69, 9.17) is 9.47 Å². The molecule has 0 saturated heterocycles. The van der Waals surface area contributed by atoms with E-state index in [0.717, 1.165) is 18.0 Å². The van der Waals surface area contributed by atoms with Gasteiger partial charge in [-0.05, 0) is 18.7 Å². The fourth-order valence-corrected chi connectivity index (χ4v) is 1.59. The van der Waals surface area contributed by atoms with Crippen LogP contribution >= 0.6 is 0 Å². The number of fused-ring (bicyclic) bond motifs is 1. The fraction of sp³-hybridized carbons (Fsp3) is 0.417. The minimum absolute atomic E-state index is 0.0192. The van der Waals surface area contributed by atoms with Gasteiger partial charge in [0, 0.05) is 18.8 Å². The van der Waals surface area contributed by atoms with Crippen molar-refractivity contribution in [2.75, 3.05) is 31.8 Å². The summed E-state index contributed by atoms with van der Waals surface area (Å²) in [6, 6.07) is 5.47. The normalized spacial score (nSPS) is 12.6. The Bertz CT molecular complexity index is 420. The largest absolute Gasteiger partial charge is 0.454 e. The molecule has 0 bridgehead atoms. The summed E-state index contributed by atoms with van der Waals surface area (Å²) in [5.74, 6) is 1.43. The molecule has 0 fully saturated rings. The number of rotatable bonds is 4. The van der Waals surface area contributed by atoms with E-state index in [9.17, 15) is 4.79 Å². The number of carbonyl (C=O) groups is 1. The molecule has 0 spiro atoms. The maximum Gasteiger partial charge on any atom is 0.240 e. The van der Waals surface area contributed by atoms with Gasteiger partial charge in [0.1, 0.15) is 0 Å². The van der Waals surface area contributed by atoms with Crippen molar-refractivity contribution in [2.24, 2.45) is 0 Å². The highest BCUT2D eigenvalue weighted by atomic mass is 16.7. The number of hydrogen-bond donors (Lipinski definition) is 1. The van der Waals surface area contributed by atoms with Crippen LogP contribution in [0.5, 0.6) is 11.5 Å². The van der Waals surface area contributed by atoms with Gasteiger partial charge in [-0.15, -0.1) is 0 Å². The van der Waals surface area contributed by atoms with Crippen molar-refractivity contribution in [2.45, 2.75) is 6.92 Å². The number of carbonyl (C=O) groups excluding carboxylic acids is 1. The van der Waals surface area contributed by atoms with Crippen molar-refractivity contribution >= 4 is 11.6 Å². The Balaban J connectivity index is 2.09. The summed E-state index contributed by atoms with van der Waals surface area (Å²) in [5, 5.41) is 3.00. The zero-order valence-corrected chi connectivity index (χ0v) is 10.0. The average Bonchev–Trinajstić information content (AvgIpc) is 2.81. The lowest BCUT2D eigenvalue weighted by molar-refractivity contribution is -0.117. The number of benzene rings is 1. The van der Waals surface area contributed by atoms with Crippen molar-refractivity contribution in [3.63, 3.8) is 0 Å². The Morgan fingerprint density at radius 2 is 2.18 bits per heavy atom. The van der Waals surface area contributed by atoms with Crippen molar-refractivity contribution in [1.29, 1.82) is 0 Å². The van der Waals surface area contributed by atoms with Crippen LogP contribution in [0.2, 0.25) is 0 Å². The van der Waals surface area contributed by atoms with Gasteiger partial charge in [0.05, 0.1) is 6.54 Å². The van der Waals surface area contributed by atoms with Crippen LogP contribution in [0.1, 0.15) is 6.92 Å². The van der Waals surface area contributed by atoms with Gasteiger partial charge in [0.25, 0.3) is 0 Å². The van der Waals surface area contributed by atoms with Crippen molar-refractivity contribution in [1.82, 2.24) is 5.32 Å². The molecule has 5 nitrogen and oxygen atoms in total. The van der Waals surface area contributed by atoms with Crippen LogP contribution < -0.4 is 19.7 Å². The summed E-state index contributed by atoms with van der Waals surface area (Å²) in [5.41, 5.74) is 0.803. The van der Waals surface area contributed by atoms with E-state index in [1.807, 2.05) is 25.1 Å². The number of hydrogen-bond acceptors (Lipinski definition) is 4. The van der Waals surface area contributed by atoms with Crippen LogP contribution in [0.4, 0.5) is 5.69 Å². The monoisotopic (exact) mass is 236 g/mol. The molecule has 5 heteroatoms. The van der Waals surface area contributed by atoms with Gasteiger partial charge in [-0.2, -0.15) is 0 Å². The van der Waals surface area contributed by atoms with Crippen LogP contribution in [0.25, 0.3) is 0 Å². The molecule has 1 aliphatic rings. The molecule has 2 rings (SSSR count). The second-order valence-corrected chi connectivity index (χ2v) is 3.77. The van der Waals surface area contributed by atoms with Gasteiger partial charge in [-0.25, -0.2) is 0 Å². The number of anilines is 1. The molecule has 92 valence electrons. The summed E-state index contributed by atoms with van der Waals surface area (Å²) in [6.07, 6.45) is 0. The summed E-state index contributed by atoms with van der Waals surface area (Å²) in [4.78, 5) is 13.4. The smallest absolute Gasteiger partial charge is 0.240 e. The second kappa shape index (κ2) is 5.05. The van der Waals surface area contributed by atoms with E-state index < -0.39 is 0 Å². The first-order valence-electron chi connectivity index (χ1n) is 5.59. The van der Waals surface area contributed by atoms with E-state index in [0.29, 0.717) is 12.3 Å². The first-order valence-corrected chi connectivity index (χ1v) is 5.59. The first-order chi connectivity index (χ1) is 8.22. The third-order valence-corrected chi connectivity index (χ3v) is 2.64. The Morgan fingerprint density at radius 1 is 1.41 bits per heavy atom. The fourth-order valence-electron chi connectivity index (χ4n) is 1.59. The van der Waals surface area contributed by atoms with E-state index in [1.54, 1.807) is 11.9 Å². The summed E-state index contributed by atoms with van der Waals surface area (Å²) in [7, 11) is 1.75. The van der Waals surface area contributed by atoms with E-state index in [1.165, 1.54) is 0 Å². The zero-order chi connectivity index (χ0) is 12.3. The quantitative estimate of drug-likeness (QED) is 0.847. The van der Waals surface area contributed by atoms with Crippen molar-refractivity contribution in [3.05, 3.63) is 18.2 Å². The molecule has 0 saturated carbocycles. The molecule has 1 aromatic carbocycles. The molecule has 0 radical (unpaired) electrons. The lowest BCUT2D eigenvalue weighted by Crippen LogP contribution is -2.35. The van der Waals surface area contributed by atoms with Gasteiger partial charge in [-0.1, -0.05) is 6.92 Å². The molecule has 1 amide bonds. The standard InChI is InChI=1S/C12H16N2O3/c1-3-13-7-12(15)14(2)9-4-5-10-11(6-9)17-8-16-10/h4-6,13H,3,7-8H2,1-2H3. The van der Waals surface area contributed by atoms with E-state index >= 15 is 0 Å². The number of nitrogens with zero attached hydrogens (tertiary/aromatic N) is 1. The third kappa shape index (κ3) is 2.50. The third-order valence-electron chi connectivity index (χ3n) is 2.64. The summed E-state index contributed by atoms with van der Waals surface area (Å²) < 4.78 is 10.5. The lowest BCUT2D eigenvalue weighted by Gasteiger charge is -2.17. The highest BCUT2D eigenvalue weighted by Crippen LogP contribution is 2.35. The molecule has 0 aliphatic carbocycles. The maximum absolute atomic E-state index is 11.8. The maximum atomic E-state index is 11.8. The summed E-state index contributed by atoms with van der Waals surface area (Å²) >= 11 is 0. The Kier molecular flexibility index (Phi) is 3.49. The predicted octanol–water partition coefficient (Wildman–Crippen LogP) is 0.988. The topological polar surface area (TPSA) is 50.8 Å². The SMILES string of the molecule is CCNCC(=O)N(C)c1ccc2c(c1)OCO2. The Hall–Kier alpha value is -1.75. The molecule has 17 heavy (non-hydrogen) atoms. The van der Waals surface area contributed by atoms with Crippen molar-refractivity contribution in [3.8, 4) is 11.5 Å². The Morgan fingerprint density at radius 3 is 2.94 bits per heavy atom. The molecule has 1 aromatic rings. The van der Waals surface area contributed by atoms with Gasteiger partial charge in [0.2, 0.25) is 12.7 Å². The second-order valence-electron chi connectivity index (χ2n) is 3.77. The zero-order valence-electron chi connectivity index (χ0n) is 10.0. The first kappa shape index (κ1) is 11.7. The molecule has 0 unspecified atom stereocenters. The van der Waals surface area contributed by atoms with Crippen LogP contribution in [0, 0.1) is 0 Å². The van der Waals surface area contributed by atoms with Crippen LogP contribution in [-0.4, -0.2) is 32.8 Å². The number of likely N-dealkylation sites (N-methyl/N-ethyl adjacent to an activating group) is 2. The van der Waals surface area contributed by atoms with Crippen LogP contribution in [0.15, 0.2) is 18.2 Å². The molecular weight excluding hydrogens is 220 g/mol. The predicted molar refractivity (Wildman–Crippen MR) is 64.5 cm³/mol. The number of amides is 1. The van der Waals surface area contributed by atoms with E-state index in [2.05, 4.69) is 5.32 Å². The van der Waals surface area contributed by atoms with Crippen LogP contribution in [0.3, 0.4) is 0 Å². The molecule has 1 heterocycles.